The summed E-state index contributed by atoms with van der Waals surface area (Å²) >= 11 is 0. The number of anilines is 1. The van der Waals surface area contributed by atoms with Crippen molar-refractivity contribution in [2.24, 2.45) is 7.05 Å². The van der Waals surface area contributed by atoms with E-state index in [-0.39, 0.29) is 42.5 Å². The summed E-state index contributed by atoms with van der Waals surface area (Å²) in [5.41, 5.74) is 1.95. The fourth-order valence-corrected chi connectivity index (χ4v) is 3.05. The van der Waals surface area contributed by atoms with Gasteiger partial charge in [-0.15, -0.1) is 24.8 Å². The highest BCUT2D eigenvalue weighted by Gasteiger charge is 2.28. The SMILES string of the molecule is CNC(C(=O)N1CCN(c2ccc(O)cc2)CC1)c1cnn(C)c1.Cl.Cl. The lowest BCUT2D eigenvalue weighted by Crippen LogP contribution is -2.51. The van der Waals surface area contributed by atoms with Gasteiger partial charge in [0.1, 0.15) is 11.8 Å². The molecule has 26 heavy (non-hydrogen) atoms. The molecule has 2 heterocycles. The van der Waals surface area contributed by atoms with Crippen LogP contribution >= 0.6 is 24.8 Å². The second kappa shape index (κ2) is 9.66. The maximum absolute atomic E-state index is 12.8. The van der Waals surface area contributed by atoms with Crippen molar-refractivity contribution < 1.29 is 9.90 Å². The van der Waals surface area contributed by atoms with Gasteiger partial charge in [-0.1, -0.05) is 0 Å². The first-order valence-electron chi connectivity index (χ1n) is 8.07. The molecule has 7 nitrogen and oxygen atoms in total. The largest absolute Gasteiger partial charge is 0.508 e. The van der Waals surface area contributed by atoms with Crippen LogP contribution in [0.2, 0.25) is 0 Å². The Morgan fingerprint density at radius 3 is 2.27 bits per heavy atom. The lowest BCUT2D eigenvalue weighted by Gasteiger charge is -2.37. The topological polar surface area (TPSA) is 73.6 Å². The van der Waals surface area contributed by atoms with Crippen molar-refractivity contribution in [1.29, 1.82) is 0 Å². The Hall–Kier alpha value is -1.96. The van der Waals surface area contributed by atoms with Crippen LogP contribution < -0.4 is 10.2 Å². The Bertz CT molecular complexity index is 699. The molecule has 0 spiro atoms. The number of likely N-dealkylation sites (N-methyl/N-ethyl adjacent to an activating group) is 1. The molecule has 0 bridgehead atoms. The Balaban J connectivity index is 0.00000169. The second-order valence-electron chi connectivity index (χ2n) is 6.00. The van der Waals surface area contributed by atoms with Crippen LogP contribution in [0.25, 0.3) is 0 Å². The summed E-state index contributed by atoms with van der Waals surface area (Å²) in [5.74, 6) is 0.344. The van der Waals surface area contributed by atoms with E-state index < -0.39 is 0 Å². The van der Waals surface area contributed by atoms with E-state index in [0.29, 0.717) is 13.1 Å². The van der Waals surface area contributed by atoms with Crippen molar-refractivity contribution in [1.82, 2.24) is 20.0 Å². The summed E-state index contributed by atoms with van der Waals surface area (Å²) in [6, 6.07) is 6.81. The lowest BCUT2D eigenvalue weighted by molar-refractivity contribution is -0.133. The molecule has 1 aromatic carbocycles. The number of carbonyl (C=O) groups is 1. The summed E-state index contributed by atoms with van der Waals surface area (Å²) in [5, 5.41) is 16.6. The molecule has 1 unspecified atom stereocenters. The molecular weight excluding hydrogens is 377 g/mol. The van der Waals surface area contributed by atoms with Crippen molar-refractivity contribution in [3.05, 3.63) is 42.2 Å². The molecule has 0 aliphatic carbocycles. The fraction of sp³-hybridized carbons (Fsp3) is 0.412. The number of hydrogen-bond donors (Lipinski definition) is 2. The molecule has 3 rings (SSSR count). The third-order valence-electron chi connectivity index (χ3n) is 4.40. The van der Waals surface area contributed by atoms with E-state index in [4.69, 9.17) is 0 Å². The number of nitrogens with zero attached hydrogens (tertiary/aromatic N) is 4. The average Bonchev–Trinajstić information content (AvgIpc) is 3.02. The van der Waals surface area contributed by atoms with Gasteiger partial charge >= 0.3 is 0 Å². The van der Waals surface area contributed by atoms with E-state index in [9.17, 15) is 9.90 Å². The minimum absolute atomic E-state index is 0. The monoisotopic (exact) mass is 401 g/mol. The van der Waals surface area contributed by atoms with Crippen LogP contribution in [0.4, 0.5) is 5.69 Å². The van der Waals surface area contributed by atoms with Gasteiger partial charge in [0.15, 0.2) is 0 Å². The van der Waals surface area contributed by atoms with Crippen molar-refractivity contribution in [2.45, 2.75) is 6.04 Å². The number of piperazine rings is 1. The molecule has 2 N–H and O–H groups in total. The summed E-state index contributed by atoms with van der Waals surface area (Å²) < 4.78 is 1.70. The second-order valence-corrected chi connectivity index (χ2v) is 6.00. The fourth-order valence-electron chi connectivity index (χ4n) is 3.05. The van der Waals surface area contributed by atoms with Gasteiger partial charge in [-0.2, -0.15) is 5.10 Å². The van der Waals surface area contributed by atoms with Gasteiger partial charge in [-0.25, -0.2) is 0 Å². The number of aryl methyl sites for hydroxylation is 1. The number of phenols is 1. The van der Waals surface area contributed by atoms with Crippen LogP contribution in [0.3, 0.4) is 0 Å². The van der Waals surface area contributed by atoms with Crippen LogP contribution in [0.5, 0.6) is 5.75 Å². The van der Waals surface area contributed by atoms with E-state index in [2.05, 4.69) is 15.3 Å². The minimum Gasteiger partial charge on any atom is -0.508 e. The van der Waals surface area contributed by atoms with Gasteiger partial charge < -0.3 is 20.2 Å². The Kier molecular flexibility index (Phi) is 8.20. The summed E-state index contributed by atoms with van der Waals surface area (Å²) in [7, 11) is 3.64. The van der Waals surface area contributed by atoms with Crippen LogP contribution in [0.15, 0.2) is 36.7 Å². The first-order chi connectivity index (χ1) is 11.6. The van der Waals surface area contributed by atoms with E-state index in [1.165, 1.54) is 0 Å². The Labute approximate surface area is 165 Å². The highest BCUT2D eigenvalue weighted by Crippen LogP contribution is 2.21. The van der Waals surface area contributed by atoms with Crippen LogP contribution in [0.1, 0.15) is 11.6 Å². The number of carbonyl (C=O) groups excluding carboxylic acids is 1. The maximum Gasteiger partial charge on any atom is 0.244 e. The van der Waals surface area contributed by atoms with Crippen molar-refractivity contribution in [3.63, 3.8) is 0 Å². The number of amides is 1. The summed E-state index contributed by atoms with van der Waals surface area (Å²) in [6.45, 7) is 2.91. The summed E-state index contributed by atoms with van der Waals surface area (Å²) in [4.78, 5) is 16.9. The highest BCUT2D eigenvalue weighted by molar-refractivity contribution is 5.85. The predicted octanol–water partition coefficient (Wildman–Crippen LogP) is 1.58. The third kappa shape index (κ3) is 4.81. The Morgan fingerprint density at radius 1 is 1.15 bits per heavy atom. The standard InChI is InChI=1S/C17H23N5O2.2ClH/c1-18-16(13-11-19-20(2)12-13)17(24)22-9-7-21(8-10-22)14-3-5-15(23)6-4-14;;/h3-6,11-12,16,18,23H,7-10H2,1-2H3;2*1H. The molecule has 0 saturated carbocycles. The lowest BCUT2D eigenvalue weighted by atomic mass is 10.1. The number of hydrogen-bond acceptors (Lipinski definition) is 5. The number of halogens is 2. The van der Waals surface area contributed by atoms with Crippen molar-refractivity contribution in [3.8, 4) is 5.75 Å². The zero-order chi connectivity index (χ0) is 17.1. The van der Waals surface area contributed by atoms with Gasteiger partial charge in [0.25, 0.3) is 0 Å². The van der Waals surface area contributed by atoms with Gasteiger partial charge in [0, 0.05) is 50.7 Å². The summed E-state index contributed by atoms with van der Waals surface area (Å²) in [6.07, 6.45) is 3.59. The van der Waals surface area contributed by atoms with Gasteiger partial charge in [0.05, 0.1) is 6.20 Å². The molecule has 1 fully saturated rings. The van der Waals surface area contributed by atoms with Crippen molar-refractivity contribution in [2.75, 3.05) is 38.1 Å². The zero-order valence-corrected chi connectivity index (χ0v) is 16.5. The van der Waals surface area contributed by atoms with E-state index >= 15 is 0 Å². The highest BCUT2D eigenvalue weighted by atomic mass is 35.5. The third-order valence-corrected chi connectivity index (χ3v) is 4.40. The van der Waals surface area contributed by atoms with Gasteiger partial charge in [0.2, 0.25) is 5.91 Å². The molecule has 1 amide bonds. The smallest absolute Gasteiger partial charge is 0.244 e. The van der Waals surface area contributed by atoms with E-state index in [1.807, 2.05) is 30.3 Å². The van der Waals surface area contributed by atoms with Crippen LogP contribution in [-0.2, 0) is 11.8 Å². The van der Waals surface area contributed by atoms with Crippen LogP contribution in [0, 0.1) is 0 Å². The zero-order valence-electron chi connectivity index (χ0n) is 14.8. The molecule has 2 aromatic rings. The molecule has 9 heteroatoms. The Morgan fingerprint density at radius 2 is 1.77 bits per heavy atom. The predicted molar refractivity (Wildman–Crippen MR) is 106 cm³/mol. The molecule has 1 atom stereocenters. The number of benzene rings is 1. The number of aromatic nitrogens is 2. The molecule has 1 aliphatic rings. The maximum atomic E-state index is 12.8. The first-order valence-corrected chi connectivity index (χ1v) is 8.07. The first kappa shape index (κ1) is 22.1. The normalized spacial score (nSPS) is 15.0. The number of phenolic OH excluding ortho intramolecular Hbond substituents is 1. The molecule has 144 valence electrons. The average molecular weight is 402 g/mol. The molecule has 1 aromatic heterocycles. The van der Waals surface area contributed by atoms with Crippen LogP contribution in [-0.4, -0.2) is 58.9 Å². The quantitative estimate of drug-likeness (QED) is 0.813. The van der Waals surface area contributed by atoms with Crippen molar-refractivity contribution >= 4 is 36.4 Å². The molecular formula is C17H25Cl2N5O2. The van der Waals surface area contributed by atoms with E-state index in [1.54, 1.807) is 30.1 Å². The molecule has 1 saturated heterocycles. The number of rotatable bonds is 4. The van der Waals surface area contributed by atoms with E-state index in [0.717, 1.165) is 24.3 Å². The van der Waals surface area contributed by atoms with Gasteiger partial charge in [-0.05, 0) is 31.3 Å². The minimum atomic E-state index is -0.362. The van der Waals surface area contributed by atoms with Gasteiger partial charge in [-0.3, -0.25) is 9.48 Å². The number of aromatic hydroxyl groups is 1. The number of nitrogens with one attached hydrogen (secondary N) is 1. The molecule has 1 aliphatic heterocycles. The molecule has 0 radical (unpaired) electrons.